The third kappa shape index (κ3) is 3.74. The number of nitrogens with zero attached hydrogens (tertiary/aromatic N) is 5. The quantitative estimate of drug-likeness (QED) is 0.741. The Balaban J connectivity index is 1.24. The first kappa shape index (κ1) is 18.6. The molecule has 1 N–H and O–H groups in total. The summed E-state index contributed by atoms with van der Waals surface area (Å²) in [5, 5.41) is 5.13. The van der Waals surface area contributed by atoms with E-state index in [1.54, 1.807) is 0 Å². The van der Waals surface area contributed by atoms with Crippen molar-refractivity contribution in [2.45, 2.75) is 31.8 Å². The van der Waals surface area contributed by atoms with Gasteiger partial charge in [-0.25, -0.2) is 9.97 Å². The minimum Gasteiger partial charge on any atom is -0.350 e. The summed E-state index contributed by atoms with van der Waals surface area (Å²) in [4.78, 5) is 14.3. The summed E-state index contributed by atoms with van der Waals surface area (Å²) in [5.74, 6) is 0.916. The summed E-state index contributed by atoms with van der Waals surface area (Å²) in [7, 11) is 4.30. The number of hydrogen-bond donors (Lipinski definition) is 1. The monoisotopic (exact) mass is 390 g/mol. The number of fused-ring (bicyclic) bond motifs is 2. The zero-order valence-electron chi connectivity index (χ0n) is 17.4. The molecule has 0 saturated carbocycles. The van der Waals surface area contributed by atoms with Gasteiger partial charge in [-0.3, -0.25) is 0 Å². The molecule has 2 aliphatic rings. The van der Waals surface area contributed by atoms with Crippen LogP contribution < -0.4 is 10.2 Å². The number of aryl methyl sites for hydroxylation is 2. The number of hydrogen-bond acceptors (Lipinski definition) is 5. The van der Waals surface area contributed by atoms with Crippen molar-refractivity contribution in [3.8, 4) is 0 Å². The summed E-state index contributed by atoms with van der Waals surface area (Å²) in [5.41, 5.74) is 5.22. The second kappa shape index (κ2) is 7.76. The smallest absolute Gasteiger partial charge is 0.225 e. The highest BCUT2D eigenvalue weighted by Gasteiger charge is 2.23. The highest BCUT2D eigenvalue weighted by Crippen LogP contribution is 2.24. The van der Waals surface area contributed by atoms with Gasteiger partial charge in [0.05, 0.1) is 0 Å². The van der Waals surface area contributed by atoms with E-state index >= 15 is 0 Å². The Hall–Kier alpha value is -2.44. The van der Waals surface area contributed by atoms with Gasteiger partial charge in [0.2, 0.25) is 5.95 Å². The molecule has 1 fully saturated rings. The van der Waals surface area contributed by atoms with E-state index in [1.807, 2.05) is 0 Å². The second-order valence-corrected chi connectivity index (χ2v) is 8.54. The molecule has 0 amide bonds. The fourth-order valence-electron chi connectivity index (χ4n) is 4.65. The van der Waals surface area contributed by atoms with Crippen LogP contribution in [0.2, 0.25) is 0 Å². The van der Waals surface area contributed by atoms with Crippen molar-refractivity contribution >= 4 is 16.9 Å². The number of likely N-dealkylation sites (N-methyl/N-ethyl adjacent to an activating group) is 1. The number of piperazine rings is 1. The number of para-hydroxylation sites is 1. The lowest BCUT2D eigenvalue weighted by molar-refractivity contribution is 0.311. The molecule has 1 saturated heterocycles. The fraction of sp³-hybridized carbons (Fsp3) is 0.478. The molecular weight excluding hydrogens is 360 g/mol. The maximum absolute atomic E-state index is 4.92. The summed E-state index contributed by atoms with van der Waals surface area (Å²) in [6, 6.07) is 9.12. The van der Waals surface area contributed by atoms with E-state index in [4.69, 9.17) is 9.97 Å². The predicted octanol–water partition coefficient (Wildman–Crippen LogP) is 2.37. The van der Waals surface area contributed by atoms with Crippen LogP contribution in [0.4, 0.5) is 5.95 Å². The van der Waals surface area contributed by atoms with Crippen molar-refractivity contribution in [1.29, 1.82) is 0 Å². The van der Waals surface area contributed by atoms with Crippen LogP contribution in [-0.4, -0.2) is 58.7 Å². The predicted molar refractivity (Wildman–Crippen MR) is 117 cm³/mol. The van der Waals surface area contributed by atoms with Crippen molar-refractivity contribution in [2.75, 3.05) is 38.1 Å². The molecule has 0 unspecified atom stereocenters. The molecule has 1 aliphatic carbocycles. The van der Waals surface area contributed by atoms with E-state index in [-0.39, 0.29) is 0 Å². The van der Waals surface area contributed by atoms with Crippen LogP contribution in [0.3, 0.4) is 0 Å². The van der Waals surface area contributed by atoms with Gasteiger partial charge in [-0.05, 0) is 43.5 Å². The van der Waals surface area contributed by atoms with Crippen molar-refractivity contribution in [2.24, 2.45) is 7.05 Å². The van der Waals surface area contributed by atoms with Crippen molar-refractivity contribution in [3.05, 3.63) is 53.5 Å². The number of nitrogens with one attached hydrogen (secondary N) is 1. The van der Waals surface area contributed by atoms with Crippen LogP contribution in [0, 0.1) is 0 Å². The average molecular weight is 391 g/mol. The molecule has 3 aromatic rings. The number of aromatic nitrogens is 3. The molecular formula is C23H30N6. The first-order chi connectivity index (χ1) is 14.2. The molecule has 6 nitrogen and oxygen atoms in total. The molecule has 3 heterocycles. The van der Waals surface area contributed by atoms with Gasteiger partial charge in [0, 0.05) is 74.8 Å². The molecule has 0 spiro atoms. The average Bonchev–Trinajstić information content (AvgIpc) is 3.08. The van der Waals surface area contributed by atoms with Gasteiger partial charge in [-0.15, -0.1) is 0 Å². The minimum atomic E-state index is 0.486. The molecule has 1 aliphatic heterocycles. The first-order valence-electron chi connectivity index (χ1n) is 10.7. The van der Waals surface area contributed by atoms with Crippen LogP contribution >= 0.6 is 0 Å². The van der Waals surface area contributed by atoms with E-state index in [0.29, 0.717) is 6.04 Å². The lowest BCUT2D eigenvalue weighted by Gasteiger charge is -2.33. The van der Waals surface area contributed by atoms with Gasteiger partial charge in [0.25, 0.3) is 0 Å². The van der Waals surface area contributed by atoms with E-state index in [1.165, 1.54) is 27.7 Å². The largest absolute Gasteiger partial charge is 0.350 e. The molecule has 5 rings (SSSR count). The number of benzene rings is 1. The molecule has 2 aromatic heterocycles. The topological polar surface area (TPSA) is 49.2 Å². The Morgan fingerprint density at radius 1 is 1.10 bits per heavy atom. The molecule has 0 bridgehead atoms. The molecule has 29 heavy (non-hydrogen) atoms. The van der Waals surface area contributed by atoms with Gasteiger partial charge >= 0.3 is 0 Å². The van der Waals surface area contributed by atoms with Crippen molar-refractivity contribution in [1.82, 2.24) is 24.8 Å². The van der Waals surface area contributed by atoms with Gasteiger partial charge in [-0.1, -0.05) is 18.2 Å². The van der Waals surface area contributed by atoms with Crippen LogP contribution in [-0.2, 0) is 26.4 Å². The number of rotatable bonds is 4. The fourth-order valence-corrected chi connectivity index (χ4v) is 4.65. The van der Waals surface area contributed by atoms with Crippen LogP contribution in [0.5, 0.6) is 0 Å². The van der Waals surface area contributed by atoms with Crippen LogP contribution in [0.25, 0.3) is 10.9 Å². The van der Waals surface area contributed by atoms with E-state index in [9.17, 15) is 0 Å². The normalized spacial score (nSPS) is 20.2. The Kier molecular flexibility index (Phi) is 4.97. The summed E-state index contributed by atoms with van der Waals surface area (Å²) in [6.45, 7) is 5.11. The van der Waals surface area contributed by atoms with Crippen molar-refractivity contribution < 1.29 is 0 Å². The lowest BCUT2D eigenvalue weighted by Crippen LogP contribution is -2.45. The maximum Gasteiger partial charge on any atom is 0.225 e. The van der Waals surface area contributed by atoms with Gasteiger partial charge < -0.3 is 19.7 Å². The maximum atomic E-state index is 4.92. The summed E-state index contributed by atoms with van der Waals surface area (Å²) < 4.78 is 2.22. The molecule has 0 radical (unpaired) electrons. The molecule has 152 valence electrons. The zero-order valence-corrected chi connectivity index (χ0v) is 17.4. The molecule has 6 heteroatoms. The second-order valence-electron chi connectivity index (χ2n) is 8.54. The Labute approximate surface area is 172 Å². The van der Waals surface area contributed by atoms with E-state index in [0.717, 1.165) is 57.9 Å². The zero-order chi connectivity index (χ0) is 19.8. The standard InChI is InChI=1S/C23H30N6/c1-27-9-11-29(12-10-27)23-25-14-17-13-19(7-8-21(17)26-23)24-15-18-16-28(2)22-6-4-3-5-20(18)22/h3-6,14,16,19,24H,7-13,15H2,1-2H3/t19-/m1/s1. The van der Waals surface area contributed by atoms with Crippen LogP contribution in [0.1, 0.15) is 23.2 Å². The Morgan fingerprint density at radius 3 is 2.79 bits per heavy atom. The summed E-state index contributed by atoms with van der Waals surface area (Å²) in [6.07, 6.45) is 7.51. The SMILES string of the molecule is CN1CCN(c2ncc3c(n2)CC[C@@H](NCc2cn(C)c4ccccc24)C3)CC1. The first-order valence-corrected chi connectivity index (χ1v) is 10.7. The van der Waals surface area contributed by atoms with E-state index in [2.05, 4.69) is 70.4 Å². The van der Waals surface area contributed by atoms with Gasteiger partial charge in [-0.2, -0.15) is 0 Å². The van der Waals surface area contributed by atoms with Gasteiger partial charge in [0.1, 0.15) is 0 Å². The Morgan fingerprint density at radius 2 is 1.93 bits per heavy atom. The third-order valence-corrected chi connectivity index (χ3v) is 6.48. The summed E-state index contributed by atoms with van der Waals surface area (Å²) >= 11 is 0. The van der Waals surface area contributed by atoms with Crippen molar-refractivity contribution in [3.63, 3.8) is 0 Å². The molecule has 1 aromatic carbocycles. The third-order valence-electron chi connectivity index (χ3n) is 6.48. The highest BCUT2D eigenvalue weighted by molar-refractivity contribution is 5.83. The van der Waals surface area contributed by atoms with E-state index < -0.39 is 0 Å². The Bertz CT molecular complexity index is 1000. The number of anilines is 1. The van der Waals surface area contributed by atoms with Crippen LogP contribution in [0.15, 0.2) is 36.7 Å². The highest BCUT2D eigenvalue weighted by atomic mass is 15.3. The van der Waals surface area contributed by atoms with Gasteiger partial charge in [0.15, 0.2) is 0 Å². The minimum absolute atomic E-state index is 0.486. The molecule has 1 atom stereocenters. The lowest BCUT2D eigenvalue weighted by atomic mass is 9.92.